The number of nitrogens with zero attached hydrogens (tertiary/aromatic N) is 1. The number of hydrogen-bond donors (Lipinski definition) is 2. The summed E-state index contributed by atoms with van der Waals surface area (Å²) >= 11 is 1.07. The third kappa shape index (κ3) is 3.32. The molecule has 0 fully saturated rings. The molecule has 2 N–H and O–H groups in total. The molecule has 0 aliphatic rings. The van der Waals surface area contributed by atoms with Gasteiger partial charge in [0.15, 0.2) is 0 Å². The number of phenols is 1. The molecule has 5 nitrogen and oxygen atoms in total. The van der Waals surface area contributed by atoms with E-state index >= 15 is 0 Å². The number of anilines is 1. The first-order valence-corrected chi connectivity index (χ1v) is 8.75. The van der Waals surface area contributed by atoms with Gasteiger partial charge < -0.3 is 15.1 Å². The molecule has 0 bridgehead atoms. The minimum absolute atomic E-state index is 0.0936. The number of phenolic OH excluding ortho intramolecular Hbond substituents is 1. The van der Waals surface area contributed by atoms with Gasteiger partial charge in [-0.1, -0.05) is 29.8 Å². The first kappa shape index (κ1) is 17.7. The summed E-state index contributed by atoms with van der Waals surface area (Å²) in [5.41, 5.74) is 3.23. The second-order valence-electron chi connectivity index (χ2n) is 5.91. The number of hydrogen-bond acceptors (Lipinski definition) is 4. The summed E-state index contributed by atoms with van der Waals surface area (Å²) in [6.07, 6.45) is 0. The predicted molar refractivity (Wildman–Crippen MR) is 102 cm³/mol. The fourth-order valence-electron chi connectivity index (χ4n) is 2.67. The Kier molecular flexibility index (Phi) is 4.77. The molecular weight excluding hydrogens is 350 g/mol. The molecule has 6 heteroatoms. The number of amides is 1. The molecule has 0 atom stereocenters. The van der Waals surface area contributed by atoms with Crippen LogP contribution in [-0.2, 0) is 0 Å². The molecule has 2 aromatic carbocycles. The number of aryl methyl sites for hydroxylation is 1. The summed E-state index contributed by atoms with van der Waals surface area (Å²) in [7, 11) is 1.57. The van der Waals surface area contributed by atoms with Crippen molar-refractivity contribution in [3.05, 3.63) is 69.9 Å². The van der Waals surface area contributed by atoms with Crippen LogP contribution in [0.25, 0.3) is 11.1 Å². The van der Waals surface area contributed by atoms with Crippen LogP contribution in [0.15, 0.2) is 53.9 Å². The lowest BCUT2D eigenvalue weighted by Crippen LogP contribution is -2.27. The number of carbonyl (C=O) groups is 2. The van der Waals surface area contributed by atoms with Crippen LogP contribution in [0.2, 0.25) is 0 Å². The number of rotatable bonds is 4. The number of benzene rings is 2. The van der Waals surface area contributed by atoms with Crippen molar-refractivity contribution < 1.29 is 19.8 Å². The van der Waals surface area contributed by atoms with Crippen molar-refractivity contribution >= 4 is 28.9 Å². The maximum Gasteiger partial charge on any atom is 0.348 e. The van der Waals surface area contributed by atoms with E-state index in [1.807, 2.05) is 19.1 Å². The lowest BCUT2D eigenvalue weighted by atomic mass is 10.0. The van der Waals surface area contributed by atoms with E-state index in [9.17, 15) is 19.8 Å². The van der Waals surface area contributed by atoms with Crippen molar-refractivity contribution in [2.24, 2.45) is 0 Å². The summed E-state index contributed by atoms with van der Waals surface area (Å²) in [4.78, 5) is 26.0. The fraction of sp³-hybridized carbons (Fsp3) is 0.100. The highest BCUT2D eigenvalue weighted by molar-refractivity contribution is 7.13. The molecule has 0 saturated carbocycles. The van der Waals surface area contributed by atoms with Gasteiger partial charge in [-0.05, 0) is 36.8 Å². The minimum Gasteiger partial charge on any atom is -0.508 e. The minimum atomic E-state index is -1.08. The van der Waals surface area contributed by atoms with Gasteiger partial charge in [0, 0.05) is 23.6 Å². The Balaban J connectivity index is 2.08. The zero-order valence-electron chi connectivity index (χ0n) is 14.3. The maximum atomic E-state index is 12.9. The number of thiophene rings is 1. The molecule has 132 valence electrons. The number of carboxylic acid groups (broad SMARTS) is 1. The van der Waals surface area contributed by atoms with E-state index in [1.54, 1.807) is 36.7 Å². The van der Waals surface area contributed by atoms with E-state index in [1.165, 1.54) is 17.0 Å². The number of carbonyl (C=O) groups excluding carboxylic acids is 1. The van der Waals surface area contributed by atoms with E-state index in [4.69, 9.17) is 0 Å². The topological polar surface area (TPSA) is 77.8 Å². The normalized spacial score (nSPS) is 10.5. The molecule has 0 aliphatic carbocycles. The van der Waals surface area contributed by atoms with Gasteiger partial charge in [0.05, 0.1) is 5.69 Å². The maximum absolute atomic E-state index is 12.9. The smallest absolute Gasteiger partial charge is 0.348 e. The van der Waals surface area contributed by atoms with Gasteiger partial charge >= 0.3 is 5.97 Å². The average molecular weight is 367 g/mol. The van der Waals surface area contributed by atoms with Crippen LogP contribution in [0.4, 0.5) is 5.69 Å². The van der Waals surface area contributed by atoms with Gasteiger partial charge in [-0.3, -0.25) is 4.79 Å². The average Bonchev–Trinajstić information content (AvgIpc) is 3.07. The van der Waals surface area contributed by atoms with Crippen molar-refractivity contribution in [2.75, 3.05) is 11.9 Å². The van der Waals surface area contributed by atoms with Gasteiger partial charge in [-0.15, -0.1) is 11.3 Å². The van der Waals surface area contributed by atoms with Crippen molar-refractivity contribution in [3.8, 4) is 16.9 Å². The quantitative estimate of drug-likeness (QED) is 0.716. The number of aromatic hydroxyl groups is 1. The first-order valence-electron chi connectivity index (χ1n) is 7.87. The third-order valence-electron chi connectivity index (χ3n) is 4.08. The van der Waals surface area contributed by atoms with Crippen molar-refractivity contribution in [1.82, 2.24) is 0 Å². The first-order chi connectivity index (χ1) is 12.4. The SMILES string of the molecule is Cc1ccc(C(=O)N(C)c2c(-c3ccc(O)cc3)csc2C(=O)O)cc1. The second kappa shape index (κ2) is 7.01. The Labute approximate surface area is 154 Å². The van der Waals surface area contributed by atoms with Crippen LogP contribution in [0, 0.1) is 6.92 Å². The molecular formula is C20H17NO4S. The van der Waals surface area contributed by atoms with Gasteiger partial charge in [0.1, 0.15) is 10.6 Å². The molecule has 1 amide bonds. The zero-order chi connectivity index (χ0) is 18.8. The van der Waals surface area contributed by atoms with Crippen LogP contribution in [0.3, 0.4) is 0 Å². The standard InChI is InChI=1S/C20H17NO4S/c1-12-3-5-14(6-4-12)19(23)21(2)17-16(11-26-18(17)20(24)25)13-7-9-15(22)10-8-13/h3-11,22H,1-2H3,(H,24,25). The highest BCUT2D eigenvalue weighted by Gasteiger charge is 2.25. The summed E-state index contributed by atoms with van der Waals surface area (Å²) in [5, 5.41) is 20.7. The third-order valence-corrected chi connectivity index (χ3v) is 5.03. The van der Waals surface area contributed by atoms with E-state index in [2.05, 4.69) is 0 Å². The Bertz CT molecular complexity index is 958. The van der Waals surface area contributed by atoms with Gasteiger partial charge in [0.2, 0.25) is 0 Å². The highest BCUT2D eigenvalue weighted by atomic mass is 32.1. The zero-order valence-corrected chi connectivity index (χ0v) is 15.1. The molecule has 0 radical (unpaired) electrons. The Morgan fingerprint density at radius 1 is 1.00 bits per heavy atom. The molecule has 0 spiro atoms. The molecule has 3 rings (SSSR count). The molecule has 0 saturated heterocycles. The summed E-state index contributed by atoms with van der Waals surface area (Å²) in [6, 6.07) is 13.6. The molecule has 1 aromatic heterocycles. The second-order valence-corrected chi connectivity index (χ2v) is 6.79. The number of carboxylic acids is 1. The van der Waals surface area contributed by atoms with E-state index < -0.39 is 5.97 Å². The van der Waals surface area contributed by atoms with Gasteiger partial charge in [-0.2, -0.15) is 0 Å². The molecule has 0 unspecified atom stereocenters. The van der Waals surface area contributed by atoms with Crippen molar-refractivity contribution in [1.29, 1.82) is 0 Å². The summed E-state index contributed by atoms with van der Waals surface area (Å²) in [6.45, 7) is 1.93. The Morgan fingerprint density at radius 3 is 2.19 bits per heavy atom. The van der Waals surface area contributed by atoms with E-state index in [0.717, 1.165) is 22.5 Å². The molecule has 3 aromatic rings. The number of aromatic carboxylic acids is 1. The largest absolute Gasteiger partial charge is 0.508 e. The van der Waals surface area contributed by atoms with E-state index in [0.29, 0.717) is 16.8 Å². The van der Waals surface area contributed by atoms with Crippen molar-refractivity contribution in [3.63, 3.8) is 0 Å². The van der Waals surface area contributed by atoms with Crippen LogP contribution >= 0.6 is 11.3 Å². The Morgan fingerprint density at radius 2 is 1.62 bits per heavy atom. The van der Waals surface area contributed by atoms with Crippen LogP contribution in [-0.4, -0.2) is 29.1 Å². The van der Waals surface area contributed by atoms with Crippen molar-refractivity contribution in [2.45, 2.75) is 6.92 Å². The Hall–Kier alpha value is -3.12. The van der Waals surface area contributed by atoms with Crippen LogP contribution < -0.4 is 4.90 Å². The van der Waals surface area contributed by atoms with Gasteiger partial charge in [-0.25, -0.2) is 4.79 Å². The van der Waals surface area contributed by atoms with Gasteiger partial charge in [0.25, 0.3) is 5.91 Å². The molecule has 0 aliphatic heterocycles. The summed E-state index contributed by atoms with van der Waals surface area (Å²) < 4.78 is 0. The van der Waals surface area contributed by atoms with E-state index in [-0.39, 0.29) is 16.5 Å². The highest BCUT2D eigenvalue weighted by Crippen LogP contribution is 2.39. The molecule has 26 heavy (non-hydrogen) atoms. The molecule has 1 heterocycles. The lowest BCUT2D eigenvalue weighted by molar-refractivity contribution is 0.0703. The summed E-state index contributed by atoms with van der Waals surface area (Å²) in [5.74, 6) is -1.25. The fourth-order valence-corrected chi connectivity index (χ4v) is 3.62. The lowest BCUT2D eigenvalue weighted by Gasteiger charge is -2.19. The predicted octanol–water partition coefficient (Wildman–Crippen LogP) is 4.40. The monoisotopic (exact) mass is 367 g/mol. The van der Waals surface area contributed by atoms with Crippen LogP contribution in [0.1, 0.15) is 25.6 Å². The van der Waals surface area contributed by atoms with Crippen LogP contribution in [0.5, 0.6) is 5.75 Å².